The third-order valence-electron chi connectivity index (χ3n) is 5.46. The van der Waals surface area contributed by atoms with Crippen LogP contribution in [0.15, 0.2) is 29.5 Å². The van der Waals surface area contributed by atoms with Crippen LogP contribution in [-0.2, 0) is 4.79 Å². The van der Waals surface area contributed by atoms with Gasteiger partial charge in [-0.1, -0.05) is 24.1 Å². The molecule has 1 aromatic rings. The molecule has 0 amide bonds. The summed E-state index contributed by atoms with van der Waals surface area (Å²) in [6.45, 7) is 2.96. The number of halogens is 5. The van der Waals surface area contributed by atoms with E-state index in [1.54, 1.807) is 6.92 Å². The van der Waals surface area contributed by atoms with Crippen molar-refractivity contribution in [2.45, 2.75) is 57.7 Å². The van der Waals surface area contributed by atoms with Crippen molar-refractivity contribution in [3.63, 3.8) is 0 Å². The molecule has 1 heterocycles. The van der Waals surface area contributed by atoms with E-state index in [2.05, 4.69) is 5.32 Å². The highest BCUT2D eigenvalue weighted by molar-refractivity contribution is 6.30. The van der Waals surface area contributed by atoms with Crippen molar-refractivity contribution in [3.8, 4) is 6.07 Å². The summed E-state index contributed by atoms with van der Waals surface area (Å²) >= 11 is 5.80. The molecule has 0 aromatic heterocycles. The van der Waals surface area contributed by atoms with Crippen molar-refractivity contribution in [1.29, 1.82) is 5.26 Å². The van der Waals surface area contributed by atoms with Crippen molar-refractivity contribution < 1.29 is 27.5 Å². The van der Waals surface area contributed by atoms with Crippen LogP contribution in [0.2, 0.25) is 5.02 Å². The number of allylic oxidation sites excluding steroid dienone is 2. The van der Waals surface area contributed by atoms with E-state index >= 15 is 0 Å². The van der Waals surface area contributed by atoms with Gasteiger partial charge in [-0.3, -0.25) is 4.79 Å². The number of carbonyl (C=O) groups is 1. The Hall–Kier alpha value is -2.27. The minimum absolute atomic E-state index is 0.0111. The van der Waals surface area contributed by atoms with Crippen LogP contribution in [0.1, 0.15) is 51.0 Å². The zero-order chi connectivity index (χ0) is 22.0. The molecule has 158 valence electrons. The first kappa shape index (κ1) is 23.0. The second-order valence-corrected chi connectivity index (χ2v) is 7.83. The summed E-state index contributed by atoms with van der Waals surface area (Å²) in [5.74, 6) is -3.13. The summed E-state index contributed by atoms with van der Waals surface area (Å²) in [5.41, 5.74) is -1.19. The van der Waals surface area contributed by atoms with E-state index in [1.165, 1.54) is 19.1 Å². The quantitative estimate of drug-likeness (QED) is 0.457. The predicted molar refractivity (Wildman–Crippen MR) is 99.7 cm³/mol. The van der Waals surface area contributed by atoms with Gasteiger partial charge in [0, 0.05) is 29.1 Å². The molecule has 0 saturated heterocycles. The lowest BCUT2D eigenvalue weighted by Crippen LogP contribution is -2.55. The summed E-state index contributed by atoms with van der Waals surface area (Å²) in [7, 11) is 0. The number of hydrogen-bond acceptors (Lipinski definition) is 3. The number of carboxylic acid groups (broad SMARTS) is 1. The molecule has 0 saturated carbocycles. The fourth-order valence-electron chi connectivity index (χ4n) is 3.89. The number of nitrogens with one attached hydrogen (secondary N) is 1. The van der Waals surface area contributed by atoms with Gasteiger partial charge in [-0.15, -0.1) is 0 Å². The number of nitriles is 1. The molecule has 1 aliphatic heterocycles. The zero-order valence-electron chi connectivity index (χ0n) is 15.9. The maximum absolute atomic E-state index is 14.7. The van der Waals surface area contributed by atoms with E-state index in [4.69, 9.17) is 11.6 Å². The average molecular weight is 433 g/mol. The van der Waals surface area contributed by atoms with Crippen LogP contribution in [0, 0.1) is 22.6 Å². The van der Waals surface area contributed by atoms with Crippen LogP contribution in [0.25, 0.3) is 0 Å². The summed E-state index contributed by atoms with van der Waals surface area (Å²) < 4.78 is 51.9. The van der Waals surface area contributed by atoms with Gasteiger partial charge in [0.15, 0.2) is 0 Å². The van der Waals surface area contributed by atoms with Gasteiger partial charge in [-0.25, -0.2) is 4.39 Å². The molecule has 2 N–H and O–H groups in total. The van der Waals surface area contributed by atoms with Gasteiger partial charge in [0.05, 0.1) is 17.1 Å². The highest BCUT2D eigenvalue weighted by atomic mass is 35.5. The van der Waals surface area contributed by atoms with Crippen molar-refractivity contribution in [2.24, 2.45) is 5.41 Å². The molecule has 0 aliphatic carbocycles. The summed E-state index contributed by atoms with van der Waals surface area (Å²) in [6, 6.07) is 4.98. The van der Waals surface area contributed by atoms with E-state index < -0.39 is 41.8 Å². The average Bonchev–Trinajstić information content (AvgIpc) is 2.60. The van der Waals surface area contributed by atoms with Crippen LogP contribution >= 0.6 is 11.6 Å². The first-order chi connectivity index (χ1) is 13.4. The smallest absolute Gasteiger partial charge is 0.389 e. The van der Waals surface area contributed by atoms with Gasteiger partial charge in [-0.2, -0.15) is 18.4 Å². The Labute approximate surface area is 171 Å². The Morgan fingerprint density at radius 3 is 2.55 bits per heavy atom. The predicted octanol–water partition coefficient (Wildman–Crippen LogP) is 5.55. The highest BCUT2D eigenvalue weighted by Crippen LogP contribution is 2.49. The zero-order valence-corrected chi connectivity index (χ0v) is 16.7. The van der Waals surface area contributed by atoms with E-state index in [9.17, 15) is 32.7 Å². The van der Waals surface area contributed by atoms with Crippen LogP contribution in [0.4, 0.5) is 17.6 Å². The fourth-order valence-corrected chi connectivity index (χ4v) is 4.05. The number of alkyl halides is 3. The van der Waals surface area contributed by atoms with Crippen molar-refractivity contribution >= 4 is 17.6 Å². The maximum Gasteiger partial charge on any atom is 0.389 e. The molecule has 9 heteroatoms. The van der Waals surface area contributed by atoms with Gasteiger partial charge in [0.1, 0.15) is 5.82 Å². The van der Waals surface area contributed by atoms with E-state index in [0.717, 1.165) is 6.07 Å². The minimum Gasteiger partial charge on any atom is -0.481 e. The number of rotatable bonds is 6. The highest BCUT2D eigenvalue weighted by Gasteiger charge is 2.53. The molecule has 2 rings (SSSR count). The Morgan fingerprint density at radius 2 is 2.03 bits per heavy atom. The summed E-state index contributed by atoms with van der Waals surface area (Å²) in [5, 5.41) is 22.7. The molecule has 1 aliphatic rings. The minimum atomic E-state index is -4.28. The van der Waals surface area contributed by atoms with Crippen LogP contribution in [0.3, 0.4) is 0 Å². The van der Waals surface area contributed by atoms with Crippen LogP contribution < -0.4 is 5.32 Å². The van der Waals surface area contributed by atoms with Crippen molar-refractivity contribution in [2.75, 3.05) is 0 Å². The lowest BCUT2D eigenvalue weighted by atomic mass is 9.62. The first-order valence-electron chi connectivity index (χ1n) is 9.04. The summed E-state index contributed by atoms with van der Waals surface area (Å²) in [4.78, 5) is 12.3. The second kappa shape index (κ2) is 8.62. The molecule has 4 nitrogen and oxygen atoms in total. The lowest BCUT2D eigenvalue weighted by Gasteiger charge is -2.45. The third-order valence-corrected chi connectivity index (χ3v) is 5.70. The van der Waals surface area contributed by atoms with Crippen molar-refractivity contribution in [1.82, 2.24) is 5.32 Å². The molecular weight excluding hydrogens is 412 g/mol. The molecule has 3 atom stereocenters. The van der Waals surface area contributed by atoms with Gasteiger partial charge in [-0.05, 0) is 44.4 Å². The second-order valence-electron chi connectivity index (χ2n) is 7.40. The SMILES string of the molecule is CC1=C(C#N)C(c2ccc(Cl)cc2F)C(C)(C(=O)O)C(CCCCC(F)(F)F)N1. The molecule has 29 heavy (non-hydrogen) atoms. The Balaban J connectivity index is 2.47. The fraction of sp³-hybridized carbons (Fsp3) is 0.500. The number of aliphatic carboxylic acids is 1. The lowest BCUT2D eigenvalue weighted by molar-refractivity contribution is -0.151. The number of unbranched alkanes of at least 4 members (excludes halogenated alkanes) is 1. The monoisotopic (exact) mass is 432 g/mol. The molecule has 0 bridgehead atoms. The van der Waals surface area contributed by atoms with Crippen LogP contribution in [-0.4, -0.2) is 23.3 Å². The first-order valence-corrected chi connectivity index (χ1v) is 9.42. The third kappa shape index (κ3) is 4.84. The topological polar surface area (TPSA) is 73.1 Å². The Morgan fingerprint density at radius 1 is 1.38 bits per heavy atom. The molecule has 1 aromatic carbocycles. The van der Waals surface area contributed by atoms with Gasteiger partial charge >= 0.3 is 12.1 Å². The number of hydrogen-bond donors (Lipinski definition) is 2. The number of benzene rings is 1. The van der Waals surface area contributed by atoms with Crippen LogP contribution in [0.5, 0.6) is 0 Å². The number of nitrogens with zero attached hydrogens (tertiary/aromatic N) is 1. The standard InChI is InChI=1S/C20H21ClF4N2O2/c1-11-14(10-26)17(13-7-6-12(21)9-15(13)22)19(2,18(28)29)16(27-11)5-3-4-8-20(23,24)25/h6-7,9,16-17,27H,3-5,8H2,1-2H3,(H,28,29). The maximum atomic E-state index is 14.7. The Bertz CT molecular complexity index is 863. The largest absolute Gasteiger partial charge is 0.481 e. The molecule has 0 fully saturated rings. The molecule has 3 unspecified atom stereocenters. The van der Waals surface area contributed by atoms with E-state index in [1.807, 2.05) is 6.07 Å². The molecule has 0 spiro atoms. The summed E-state index contributed by atoms with van der Waals surface area (Å²) in [6.07, 6.45) is -5.14. The normalized spacial score (nSPS) is 24.8. The van der Waals surface area contributed by atoms with Gasteiger partial charge in [0.2, 0.25) is 0 Å². The van der Waals surface area contributed by atoms with E-state index in [0.29, 0.717) is 5.70 Å². The molecular formula is C20H21ClF4N2O2. The van der Waals surface area contributed by atoms with E-state index in [-0.39, 0.29) is 35.4 Å². The number of carboxylic acids is 1. The van der Waals surface area contributed by atoms with Gasteiger partial charge < -0.3 is 10.4 Å². The van der Waals surface area contributed by atoms with Gasteiger partial charge in [0.25, 0.3) is 0 Å². The Kier molecular flexibility index (Phi) is 6.84. The molecule has 0 radical (unpaired) electrons. The van der Waals surface area contributed by atoms with Crippen molar-refractivity contribution in [3.05, 3.63) is 45.9 Å².